The maximum atomic E-state index is 7.41. The Kier molecular flexibility index (Phi) is 5.70. The molecule has 0 amide bonds. The van der Waals surface area contributed by atoms with Crippen LogP contribution >= 0.6 is 0 Å². The lowest BCUT2D eigenvalue weighted by Gasteiger charge is -2.33. The van der Waals surface area contributed by atoms with E-state index in [2.05, 4.69) is 54.4 Å². The first-order chi connectivity index (χ1) is 10.7. The third-order valence-corrected chi connectivity index (χ3v) is 4.52. The maximum absolute atomic E-state index is 7.41. The molecule has 1 aliphatic rings. The van der Waals surface area contributed by atoms with Gasteiger partial charge in [0, 0.05) is 30.6 Å². The van der Waals surface area contributed by atoms with Gasteiger partial charge in [0.1, 0.15) is 0 Å². The number of benzene rings is 1. The van der Waals surface area contributed by atoms with Gasteiger partial charge in [-0.25, -0.2) is 0 Å². The molecule has 2 rings (SSSR count). The van der Waals surface area contributed by atoms with Crippen LogP contribution in [0.1, 0.15) is 31.7 Å². The van der Waals surface area contributed by atoms with Gasteiger partial charge in [-0.15, -0.1) is 0 Å². The highest BCUT2D eigenvalue weighted by Gasteiger charge is 2.18. The minimum atomic E-state index is 0.548. The minimum absolute atomic E-state index is 0.548. The topological polar surface area (TPSA) is 39.5 Å². The summed E-state index contributed by atoms with van der Waals surface area (Å²) in [5, 5.41) is 7.41. The summed E-state index contributed by atoms with van der Waals surface area (Å²) >= 11 is 0. The van der Waals surface area contributed by atoms with Crippen LogP contribution in [0.2, 0.25) is 0 Å². The molecule has 0 saturated carbocycles. The second-order valence-corrected chi connectivity index (χ2v) is 5.69. The molecule has 22 heavy (non-hydrogen) atoms. The predicted octanol–water partition coefficient (Wildman–Crippen LogP) is 4.56. The summed E-state index contributed by atoms with van der Waals surface area (Å²) < 4.78 is 0. The molecule has 3 heteroatoms. The lowest BCUT2D eigenvalue weighted by atomic mass is 9.94. The summed E-state index contributed by atoms with van der Waals surface area (Å²) in [4.78, 5) is 6.34. The molecule has 1 saturated heterocycles. The van der Waals surface area contributed by atoms with Gasteiger partial charge in [0.25, 0.3) is 0 Å². The maximum Gasteiger partial charge on any atom is 0.0875 e. The molecule has 1 aromatic rings. The van der Waals surface area contributed by atoms with Crippen LogP contribution in [0.5, 0.6) is 0 Å². The summed E-state index contributed by atoms with van der Waals surface area (Å²) in [6.45, 7) is 11.9. The molecule has 1 N–H and O–H groups in total. The summed E-state index contributed by atoms with van der Waals surface area (Å²) in [6, 6.07) is 8.45. The lowest BCUT2D eigenvalue weighted by molar-refractivity contribution is 0.395. The number of allylic oxidation sites excluding steroid dienone is 3. The predicted molar refractivity (Wildman–Crippen MR) is 97.1 cm³/mol. The van der Waals surface area contributed by atoms with E-state index in [1.807, 2.05) is 0 Å². The van der Waals surface area contributed by atoms with Crippen LogP contribution in [0, 0.1) is 11.3 Å². The number of aliphatic imine (C=N–C) groups is 1. The number of nitrogens with zero attached hydrogens (tertiary/aromatic N) is 2. The Morgan fingerprint density at radius 2 is 1.95 bits per heavy atom. The number of hydrogen-bond acceptors (Lipinski definition) is 3. The molecule has 1 fully saturated rings. The minimum Gasteiger partial charge on any atom is -0.372 e. The van der Waals surface area contributed by atoms with Gasteiger partial charge < -0.3 is 10.3 Å². The van der Waals surface area contributed by atoms with Gasteiger partial charge in [0.05, 0.1) is 5.70 Å². The van der Waals surface area contributed by atoms with Crippen molar-refractivity contribution >= 4 is 24.2 Å². The number of nitrogens with one attached hydrogen (secondary N) is 1. The van der Waals surface area contributed by atoms with Crippen LogP contribution in [-0.2, 0) is 0 Å². The van der Waals surface area contributed by atoms with Crippen LogP contribution in [-0.4, -0.2) is 26.0 Å². The zero-order valence-corrected chi connectivity index (χ0v) is 13.4. The summed E-state index contributed by atoms with van der Waals surface area (Å²) in [5.74, 6) is 0.889. The first kappa shape index (κ1) is 16.2. The van der Waals surface area contributed by atoms with Crippen molar-refractivity contribution in [1.82, 2.24) is 0 Å². The molecule has 1 aliphatic heterocycles. The van der Waals surface area contributed by atoms with Crippen molar-refractivity contribution in [1.29, 1.82) is 5.41 Å². The van der Waals surface area contributed by atoms with Crippen molar-refractivity contribution in [2.75, 3.05) is 18.0 Å². The largest absolute Gasteiger partial charge is 0.372 e. The summed E-state index contributed by atoms with van der Waals surface area (Å²) in [6.07, 6.45) is 6.81. The second kappa shape index (κ2) is 7.74. The normalized spacial score (nSPS) is 16.9. The van der Waals surface area contributed by atoms with E-state index >= 15 is 0 Å². The van der Waals surface area contributed by atoms with E-state index in [1.165, 1.54) is 31.2 Å². The van der Waals surface area contributed by atoms with E-state index in [-0.39, 0.29) is 0 Å². The molecule has 0 aliphatic carbocycles. The van der Waals surface area contributed by atoms with Crippen molar-refractivity contribution in [3.05, 3.63) is 48.2 Å². The van der Waals surface area contributed by atoms with E-state index in [9.17, 15) is 0 Å². The van der Waals surface area contributed by atoms with Crippen molar-refractivity contribution < 1.29 is 0 Å². The van der Waals surface area contributed by atoms with Crippen molar-refractivity contribution in [2.45, 2.75) is 26.2 Å². The average molecular weight is 295 g/mol. The SMILES string of the molecule is C=C/C(=C(\C=N)N=C)c1ccc(N2CCC(CC)CC2)cc1. The van der Waals surface area contributed by atoms with Crippen LogP contribution < -0.4 is 4.90 Å². The molecule has 1 aromatic carbocycles. The zero-order valence-electron chi connectivity index (χ0n) is 13.4. The quantitative estimate of drug-likeness (QED) is 0.606. The average Bonchev–Trinajstić information content (AvgIpc) is 2.60. The molecule has 3 nitrogen and oxygen atoms in total. The van der Waals surface area contributed by atoms with Gasteiger partial charge in [0.2, 0.25) is 0 Å². The highest BCUT2D eigenvalue weighted by Crippen LogP contribution is 2.27. The lowest BCUT2D eigenvalue weighted by Crippen LogP contribution is -2.33. The third-order valence-electron chi connectivity index (χ3n) is 4.52. The highest BCUT2D eigenvalue weighted by atomic mass is 15.1. The van der Waals surface area contributed by atoms with Crippen molar-refractivity contribution in [2.24, 2.45) is 10.9 Å². The Bertz CT molecular complexity index is 551. The molecule has 0 bridgehead atoms. The van der Waals surface area contributed by atoms with Gasteiger partial charge >= 0.3 is 0 Å². The van der Waals surface area contributed by atoms with Crippen LogP contribution in [0.25, 0.3) is 5.57 Å². The molecule has 0 aromatic heterocycles. The fraction of sp³-hybridized carbons (Fsp3) is 0.368. The number of anilines is 1. The molecular weight excluding hydrogens is 270 g/mol. The Hall–Kier alpha value is -2.16. The van der Waals surface area contributed by atoms with Crippen LogP contribution in [0.15, 0.2) is 47.6 Å². The Morgan fingerprint density at radius 1 is 1.32 bits per heavy atom. The summed E-state index contributed by atoms with van der Waals surface area (Å²) in [5.41, 5.74) is 3.69. The first-order valence-corrected chi connectivity index (χ1v) is 7.92. The molecule has 0 unspecified atom stereocenters. The molecule has 0 spiro atoms. The smallest absolute Gasteiger partial charge is 0.0875 e. The summed E-state index contributed by atoms with van der Waals surface area (Å²) in [7, 11) is 0. The van der Waals surface area contributed by atoms with Crippen molar-refractivity contribution in [3.63, 3.8) is 0 Å². The van der Waals surface area contributed by atoms with E-state index in [4.69, 9.17) is 5.41 Å². The van der Waals surface area contributed by atoms with E-state index in [0.717, 1.165) is 30.1 Å². The highest BCUT2D eigenvalue weighted by molar-refractivity contribution is 5.93. The fourth-order valence-electron chi connectivity index (χ4n) is 3.03. The molecule has 1 heterocycles. The van der Waals surface area contributed by atoms with Crippen LogP contribution in [0.3, 0.4) is 0 Å². The Morgan fingerprint density at radius 3 is 2.41 bits per heavy atom. The second-order valence-electron chi connectivity index (χ2n) is 5.69. The molecule has 0 atom stereocenters. The van der Waals surface area contributed by atoms with E-state index in [1.54, 1.807) is 6.08 Å². The molecule has 116 valence electrons. The molecular formula is C19H25N3. The van der Waals surface area contributed by atoms with Gasteiger partial charge in [-0.2, -0.15) is 0 Å². The first-order valence-electron chi connectivity index (χ1n) is 7.92. The number of piperidine rings is 1. The standard InChI is InChI=1S/C19H25N3/c1-4-15-10-12-22(13-11-15)17-8-6-16(7-9-17)18(5-2)19(14-20)21-3/h5-9,14-15,20H,2-4,10-13H2,1H3/b19-18-,20-14?. The fourth-order valence-corrected chi connectivity index (χ4v) is 3.03. The zero-order chi connectivity index (χ0) is 15.9. The Labute approximate surface area is 133 Å². The van der Waals surface area contributed by atoms with E-state index in [0.29, 0.717) is 5.70 Å². The number of rotatable bonds is 6. The number of hydrogen-bond donors (Lipinski definition) is 1. The van der Waals surface area contributed by atoms with Crippen LogP contribution in [0.4, 0.5) is 5.69 Å². The monoisotopic (exact) mass is 295 g/mol. The van der Waals surface area contributed by atoms with E-state index < -0.39 is 0 Å². The third kappa shape index (κ3) is 3.53. The van der Waals surface area contributed by atoms with Crippen molar-refractivity contribution in [3.8, 4) is 0 Å². The van der Waals surface area contributed by atoms with Gasteiger partial charge in [-0.05, 0) is 43.2 Å². The van der Waals surface area contributed by atoms with Gasteiger partial charge in [-0.1, -0.05) is 38.1 Å². The van der Waals surface area contributed by atoms with Gasteiger partial charge in [0.15, 0.2) is 0 Å². The molecule has 0 radical (unpaired) electrons. The Balaban J connectivity index is 2.17. The van der Waals surface area contributed by atoms with Gasteiger partial charge in [-0.3, -0.25) is 4.99 Å².